The molecule has 5 nitrogen and oxygen atoms in total. The third kappa shape index (κ3) is 4.37. The zero-order valence-electron chi connectivity index (χ0n) is 56.9. The maximum atomic E-state index is 10.2. The molecule has 6 heteroatoms. The number of rotatable bonds is 3. The highest BCUT2D eigenvalue weighted by atomic mass is 16.5. The van der Waals surface area contributed by atoms with Crippen LogP contribution >= 0.6 is 0 Å². The number of benzene rings is 9. The molecule has 0 spiro atoms. The maximum Gasteiger partial charge on any atom is 0.434 e. The topological polar surface area (TPSA) is 49.7 Å². The van der Waals surface area contributed by atoms with E-state index in [9.17, 15) is 13.7 Å². The standard InChI is InChI=1S/C54H30BNO4/c1-6-16-43(56-44-17-7-2-12-35(44)36-13-3-8-18-45(36)56)34(11-1)33-27-41-38-15-5-10-20-47(38)60-55-42-28-31(22-25-48(42)57-51(30-33)53(41)55)32-21-23-40-50(29-32)58-49-26-24-39-37-14-4-9-19-46(37)59-54(39)52(40)49/h1-30H/i1D,2D,3D,4D,5D,6D,7D,8D,9D,10D,11D,12D,13D,14D,15D,16D,17D,18D,19D,20D,22D,24D,25D,26D,27D,29D,30D. The first-order valence-corrected chi connectivity index (χ1v) is 18.2. The molecule has 0 saturated heterocycles. The third-order valence-corrected chi connectivity index (χ3v) is 10.7. The highest BCUT2D eigenvalue weighted by molar-refractivity contribution is 6.84. The summed E-state index contributed by atoms with van der Waals surface area (Å²) in [4.78, 5) is 0. The minimum atomic E-state index is -1.71. The smallest absolute Gasteiger partial charge is 0.434 e. The third-order valence-electron chi connectivity index (χ3n) is 10.7. The molecule has 12 aromatic rings. The molecule has 278 valence electrons. The zero-order chi connectivity index (χ0) is 62.5. The summed E-state index contributed by atoms with van der Waals surface area (Å²) in [7, 11) is 0. The summed E-state index contributed by atoms with van der Waals surface area (Å²) in [5, 5.41) is -1.05. The molecule has 0 aliphatic carbocycles. The molecule has 0 unspecified atom stereocenters. The molecule has 0 radical (unpaired) electrons. The molecule has 5 heterocycles. The molecule has 2 aliphatic heterocycles. The van der Waals surface area contributed by atoms with Gasteiger partial charge in [-0.1, -0.05) is 109 Å². The van der Waals surface area contributed by atoms with Gasteiger partial charge in [0.05, 0.1) is 59.1 Å². The van der Waals surface area contributed by atoms with Crippen LogP contribution < -0.4 is 20.3 Å². The predicted molar refractivity (Wildman–Crippen MR) is 244 cm³/mol. The second-order valence-electron chi connectivity index (χ2n) is 13.8. The fourth-order valence-corrected chi connectivity index (χ4v) is 8.14. The molecule has 0 atom stereocenters. The Morgan fingerprint density at radius 3 is 2.08 bits per heavy atom. The van der Waals surface area contributed by atoms with Gasteiger partial charge in [0, 0.05) is 49.0 Å². The van der Waals surface area contributed by atoms with E-state index in [2.05, 4.69) is 0 Å². The Morgan fingerprint density at radius 1 is 0.467 bits per heavy atom. The Labute approximate surface area is 381 Å². The monoisotopic (exact) mass is 794 g/mol. The summed E-state index contributed by atoms with van der Waals surface area (Å²) in [6.07, 6.45) is 0. The van der Waals surface area contributed by atoms with Gasteiger partial charge in [0.25, 0.3) is 0 Å². The van der Waals surface area contributed by atoms with E-state index in [4.69, 9.17) is 41.5 Å². The van der Waals surface area contributed by atoms with E-state index >= 15 is 0 Å². The Balaban J connectivity index is 1.05. The fourth-order valence-electron chi connectivity index (χ4n) is 8.14. The average molecular weight is 795 g/mol. The summed E-state index contributed by atoms with van der Waals surface area (Å²) in [6, 6.07) is -16.6. The van der Waals surface area contributed by atoms with Crippen LogP contribution in [0.2, 0.25) is 0 Å². The van der Waals surface area contributed by atoms with E-state index in [1.165, 1.54) is 18.2 Å². The minimum Gasteiger partial charge on any atom is -0.551 e. The SMILES string of the molecule is [2H]c1c(-c2ccc3c(oc4c([2H])c([2H])c5c(oc6c([2H])c([2H])c([2H])c([2H])c65)c43)c2[2H])cc2c(c1[2H])Oc1c([2H])c(-c3c([2H])c([2H])c([2H])c([2H])c3-n3c4c([2H])c([2H])c([2H])c([2H])c4c4c([2H])c([2H])c([2H])c([2H])c43)c([2H])c3c1B2Oc1c([2H])c([2H])c([2H])c([2H])c1-3. The lowest BCUT2D eigenvalue weighted by atomic mass is 9.50. The first kappa shape index (κ1) is 16.0. The molecule has 9 aromatic carbocycles. The number of ether oxygens (including phenoxy) is 1. The van der Waals surface area contributed by atoms with Crippen molar-refractivity contribution < 1.29 is 55.2 Å². The number of nitrogens with zero attached hydrogens (tertiary/aromatic N) is 1. The molecule has 0 amide bonds. The second-order valence-corrected chi connectivity index (χ2v) is 13.8. The first-order chi connectivity index (χ1) is 41.0. The van der Waals surface area contributed by atoms with Crippen molar-refractivity contribution >= 4 is 83.5 Å². The minimum absolute atomic E-state index is 0.0500. The fraction of sp³-hybridized carbons (Fsp3) is 0. The van der Waals surface area contributed by atoms with Gasteiger partial charge in [-0.15, -0.1) is 0 Å². The number of hydrogen-bond acceptors (Lipinski definition) is 4. The number of aromatic nitrogens is 1. The quantitative estimate of drug-likeness (QED) is 0.167. The second kappa shape index (κ2) is 11.8. The van der Waals surface area contributed by atoms with Gasteiger partial charge in [0.15, 0.2) is 0 Å². The van der Waals surface area contributed by atoms with Crippen molar-refractivity contribution in [3.63, 3.8) is 0 Å². The lowest BCUT2D eigenvalue weighted by molar-refractivity contribution is 0.479. The molecule has 3 aromatic heterocycles. The molecule has 0 fully saturated rings. The van der Waals surface area contributed by atoms with Crippen molar-refractivity contribution in [1.82, 2.24) is 4.57 Å². The zero-order valence-corrected chi connectivity index (χ0v) is 29.9. The maximum absolute atomic E-state index is 10.2. The van der Waals surface area contributed by atoms with Gasteiger partial charge in [0.1, 0.15) is 39.6 Å². The van der Waals surface area contributed by atoms with Crippen molar-refractivity contribution in [3.05, 3.63) is 181 Å². The average Bonchev–Trinajstić information content (AvgIpc) is 1.66. The van der Waals surface area contributed by atoms with Gasteiger partial charge >= 0.3 is 6.92 Å². The number of furan rings is 2. The summed E-state index contributed by atoms with van der Waals surface area (Å²) >= 11 is 0. The summed E-state index contributed by atoms with van der Waals surface area (Å²) in [5.74, 6) is -1.71. The Kier molecular flexibility index (Phi) is 3.15. The van der Waals surface area contributed by atoms with Crippen LogP contribution in [0, 0.1) is 0 Å². The van der Waals surface area contributed by atoms with Gasteiger partial charge in [-0.3, -0.25) is 0 Å². The summed E-state index contributed by atoms with van der Waals surface area (Å²) < 4.78 is 271. The van der Waals surface area contributed by atoms with Gasteiger partial charge in [-0.25, -0.2) is 0 Å². The predicted octanol–water partition coefficient (Wildman–Crippen LogP) is 13.2. The van der Waals surface area contributed by atoms with Gasteiger partial charge in [0.2, 0.25) is 0 Å². The van der Waals surface area contributed by atoms with Crippen molar-refractivity contribution in [3.8, 4) is 56.3 Å². The van der Waals surface area contributed by atoms with Crippen molar-refractivity contribution in [1.29, 1.82) is 0 Å². The largest absolute Gasteiger partial charge is 0.551 e. The highest BCUT2D eigenvalue weighted by Crippen LogP contribution is 2.45. The van der Waals surface area contributed by atoms with E-state index in [0.29, 0.717) is 0 Å². The molecule has 0 saturated carbocycles. The summed E-state index contributed by atoms with van der Waals surface area (Å²) in [5.41, 5.74) is -6.07. The highest BCUT2D eigenvalue weighted by Gasteiger charge is 2.41. The van der Waals surface area contributed by atoms with Crippen LogP contribution in [-0.4, -0.2) is 11.5 Å². The number of fused-ring (bicyclic) bond motifs is 14. The Bertz CT molecular complexity index is 5330. The van der Waals surface area contributed by atoms with Crippen molar-refractivity contribution in [2.75, 3.05) is 0 Å². The number of hydrogen-bond donors (Lipinski definition) is 0. The lowest BCUT2D eigenvalue weighted by Gasteiger charge is -2.33. The van der Waals surface area contributed by atoms with Crippen LogP contribution in [-0.2, 0) is 0 Å². The van der Waals surface area contributed by atoms with E-state index in [1.54, 1.807) is 0 Å². The molecular formula is C54H30BNO4. The van der Waals surface area contributed by atoms with Gasteiger partial charge < -0.3 is 22.8 Å². The Morgan fingerprint density at radius 2 is 1.22 bits per heavy atom. The van der Waals surface area contributed by atoms with Gasteiger partial charge in [-0.05, 0) is 94.8 Å². The van der Waals surface area contributed by atoms with Crippen LogP contribution in [0.1, 0.15) is 37.0 Å². The van der Waals surface area contributed by atoms with Crippen LogP contribution in [0.25, 0.3) is 105 Å². The van der Waals surface area contributed by atoms with Crippen molar-refractivity contribution in [2.24, 2.45) is 0 Å². The van der Waals surface area contributed by atoms with Crippen LogP contribution in [0.15, 0.2) is 190 Å². The molecule has 0 bridgehead atoms. The van der Waals surface area contributed by atoms with Crippen molar-refractivity contribution in [2.45, 2.75) is 0 Å². The first-order valence-electron chi connectivity index (χ1n) is 31.7. The van der Waals surface area contributed by atoms with E-state index in [1.807, 2.05) is 0 Å². The molecule has 2 aliphatic rings. The van der Waals surface area contributed by atoms with Crippen LogP contribution in [0.5, 0.6) is 17.2 Å². The van der Waals surface area contributed by atoms with E-state index in [-0.39, 0.29) is 65.9 Å². The molecule has 0 N–H and O–H groups in total. The van der Waals surface area contributed by atoms with Crippen LogP contribution in [0.3, 0.4) is 0 Å². The van der Waals surface area contributed by atoms with Crippen LogP contribution in [0.4, 0.5) is 0 Å². The summed E-state index contributed by atoms with van der Waals surface area (Å²) in [6.45, 7) is -1.71. The normalized spacial score (nSPS) is 19.2. The number of para-hydroxylation sites is 5. The van der Waals surface area contributed by atoms with E-state index in [0.717, 1.165) is 4.57 Å². The van der Waals surface area contributed by atoms with Gasteiger partial charge in [-0.2, -0.15) is 0 Å². The molecule has 14 rings (SSSR count). The molecular weight excluding hydrogens is 737 g/mol. The molecule has 60 heavy (non-hydrogen) atoms. The van der Waals surface area contributed by atoms with E-state index < -0.39 is 237 Å². The Hall–Kier alpha value is -7.96. The lowest BCUT2D eigenvalue weighted by Crippen LogP contribution is -2.53.